The van der Waals surface area contributed by atoms with Gasteiger partial charge in [-0.25, -0.2) is 0 Å². The molecule has 1 aliphatic carbocycles. The summed E-state index contributed by atoms with van der Waals surface area (Å²) < 4.78 is 0. The Kier molecular flexibility index (Phi) is 5.35. The summed E-state index contributed by atoms with van der Waals surface area (Å²) in [5.74, 6) is 0. The van der Waals surface area contributed by atoms with Crippen molar-refractivity contribution in [1.29, 1.82) is 0 Å². The van der Waals surface area contributed by atoms with Crippen molar-refractivity contribution in [2.45, 2.75) is 52.4 Å². The molecule has 2 unspecified atom stereocenters. The third-order valence-corrected chi connectivity index (χ3v) is 4.52. The molecule has 0 aromatic heterocycles. The lowest BCUT2D eigenvalue weighted by Gasteiger charge is -2.22. The monoisotopic (exact) mass is 228 g/mol. The lowest BCUT2D eigenvalue weighted by Crippen LogP contribution is -2.02. The summed E-state index contributed by atoms with van der Waals surface area (Å²) in [4.78, 5) is 0. The normalized spacial score (nSPS) is 24.9. The first-order valence-corrected chi connectivity index (χ1v) is 6.81. The molecule has 0 bridgehead atoms. The first-order valence-electron chi connectivity index (χ1n) is 5.66. The van der Waals surface area contributed by atoms with E-state index in [1.165, 1.54) is 49.2 Å². The van der Waals surface area contributed by atoms with Crippen LogP contribution in [0.15, 0.2) is 21.8 Å². The summed E-state index contributed by atoms with van der Waals surface area (Å²) >= 11 is 0. The minimum absolute atomic E-state index is 1.17. The molecule has 2 heteroatoms. The van der Waals surface area contributed by atoms with Crippen LogP contribution in [-0.2, 0) is 0 Å². The SMILES string of the molecule is CC/C(P)=C1\CCCC\C1=C(\P)CC. The lowest BCUT2D eigenvalue weighted by molar-refractivity contribution is 0.671. The standard InChI is InChI=1S/C12H22P2/c1-3-11(13)9-7-5-6-8-10(9)12(14)4-2/h3-8,13-14H2,1-2H3/b11-9-,12-10-. The van der Waals surface area contributed by atoms with Crippen LogP contribution in [0.4, 0.5) is 0 Å². The quantitative estimate of drug-likeness (QED) is 0.604. The van der Waals surface area contributed by atoms with Crippen molar-refractivity contribution in [1.82, 2.24) is 0 Å². The predicted octanol–water partition coefficient (Wildman–Crippen LogP) is 4.64. The smallest absolute Gasteiger partial charge is 0.0273 e. The summed E-state index contributed by atoms with van der Waals surface area (Å²) in [6.07, 6.45) is 7.67. The second kappa shape index (κ2) is 6.04. The molecule has 0 aliphatic heterocycles. The van der Waals surface area contributed by atoms with Gasteiger partial charge in [0.25, 0.3) is 0 Å². The molecule has 0 heterocycles. The fourth-order valence-electron chi connectivity index (χ4n) is 2.04. The minimum Gasteiger partial charge on any atom is -0.110 e. The van der Waals surface area contributed by atoms with Crippen LogP contribution >= 0.6 is 18.5 Å². The van der Waals surface area contributed by atoms with Gasteiger partial charge in [-0.05, 0) is 60.3 Å². The maximum atomic E-state index is 2.93. The molecule has 0 aromatic rings. The number of allylic oxidation sites excluding steroid dienone is 4. The van der Waals surface area contributed by atoms with E-state index in [0.717, 1.165) is 0 Å². The van der Waals surface area contributed by atoms with Crippen LogP contribution in [0.3, 0.4) is 0 Å². The van der Waals surface area contributed by atoms with E-state index in [4.69, 9.17) is 0 Å². The van der Waals surface area contributed by atoms with Gasteiger partial charge >= 0.3 is 0 Å². The van der Waals surface area contributed by atoms with Crippen LogP contribution in [-0.4, -0.2) is 0 Å². The molecule has 2 atom stereocenters. The van der Waals surface area contributed by atoms with Gasteiger partial charge in [0.05, 0.1) is 0 Å². The van der Waals surface area contributed by atoms with Crippen LogP contribution in [0.25, 0.3) is 0 Å². The molecule has 1 fully saturated rings. The Morgan fingerprint density at radius 1 is 0.929 bits per heavy atom. The zero-order valence-corrected chi connectivity index (χ0v) is 11.7. The first kappa shape index (κ1) is 12.4. The number of hydrogen-bond acceptors (Lipinski definition) is 0. The Labute approximate surface area is 93.0 Å². The third kappa shape index (κ3) is 2.91. The second-order valence-electron chi connectivity index (χ2n) is 3.92. The van der Waals surface area contributed by atoms with Crippen molar-refractivity contribution in [2.24, 2.45) is 0 Å². The van der Waals surface area contributed by atoms with E-state index >= 15 is 0 Å². The Hall–Kier alpha value is 0.340. The molecule has 1 aliphatic rings. The Balaban J connectivity index is 3.02. The molecule has 80 valence electrons. The van der Waals surface area contributed by atoms with Crippen LogP contribution in [0.2, 0.25) is 0 Å². The highest BCUT2D eigenvalue weighted by Crippen LogP contribution is 2.38. The van der Waals surface area contributed by atoms with Gasteiger partial charge in [0.15, 0.2) is 0 Å². The van der Waals surface area contributed by atoms with Crippen LogP contribution in [0, 0.1) is 0 Å². The average Bonchev–Trinajstić information content (AvgIpc) is 2.27. The third-order valence-electron chi connectivity index (χ3n) is 3.00. The molecule has 0 spiro atoms. The minimum atomic E-state index is 1.17. The highest BCUT2D eigenvalue weighted by molar-refractivity contribution is 7.23. The summed E-state index contributed by atoms with van der Waals surface area (Å²) in [5.41, 5.74) is 3.27. The zero-order valence-electron chi connectivity index (χ0n) is 9.40. The number of rotatable bonds is 2. The van der Waals surface area contributed by atoms with Crippen LogP contribution in [0.5, 0.6) is 0 Å². The summed E-state index contributed by atoms with van der Waals surface area (Å²) in [5, 5.41) is 3.04. The molecular formula is C12H22P2. The van der Waals surface area contributed by atoms with Gasteiger partial charge in [-0.3, -0.25) is 0 Å². The van der Waals surface area contributed by atoms with Crippen molar-refractivity contribution in [3.63, 3.8) is 0 Å². The average molecular weight is 228 g/mol. The van der Waals surface area contributed by atoms with Gasteiger partial charge in [-0.1, -0.05) is 13.8 Å². The summed E-state index contributed by atoms with van der Waals surface area (Å²) in [6.45, 7) is 4.49. The molecular weight excluding hydrogens is 206 g/mol. The molecule has 1 rings (SSSR count). The van der Waals surface area contributed by atoms with E-state index in [2.05, 4.69) is 32.3 Å². The molecule has 0 aromatic carbocycles. The fraction of sp³-hybridized carbons (Fsp3) is 0.667. The predicted molar refractivity (Wildman–Crippen MR) is 72.5 cm³/mol. The second-order valence-corrected chi connectivity index (χ2v) is 5.32. The summed E-state index contributed by atoms with van der Waals surface area (Å²) in [6, 6.07) is 0. The van der Waals surface area contributed by atoms with Gasteiger partial charge in [0, 0.05) is 0 Å². The van der Waals surface area contributed by atoms with Crippen molar-refractivity contribution in [3.05, 3.63) is 21.8 Å². The van der Waals surface area contributed by atoms with E-state index < -0.39 is 0 Å². The maximum Gasteiger partial charge on any atom is -0.0273 e. The Morgan fingerprint density at radius 3 is 1.57 bits per heavy atom. The molecule has 0 radical (unpaired) electrons. The van der Waals surface area contributed by atoms with E-state index in [-0.39, 0.29) is 0 Å². The first-order chi connectivity index (χ1) is 6.70. The highest BCUT2D eigenvalue weighted by atomic mass is 31.0. The molecule has 0 amide bonds. The molecule has 0 nitrogen and oxygen atoms in total. The van der Waals surface area contributed by atoms with Crippen LogP contribution in [0.1, 0.15) is 52.4 Å². The lowest BCUT2D eigenvalue weighted by atomic mass is 9.88. The van der Waals surface area contributed by atoms with Gasteiger partial charge < -0.3 is 0 Å². The van der Waals surface area contributed by atoms with Gasteiger partial charge in [-0.15, -0.1) is 18.5 Å². The molecule has 0 saturated heterocycles. The van der Waals surface area contributed by atoms with E-state index in [9.17, 15) is 0 Å². The number of hydrogen-bond donors (Lipinski definition) is 0. The Bertz CT molecular complexity index is 233. The van der Waals surface area contributed by atoms with E-state index in [1.807, 2.05) is 0 Å². The largest absolute Gasteiger partial charge is 0.110 e. The summed E-state index contributed by atoms with van der Waals surface area (Å²) in [7, 11) is 5.86. The Morgan fingerprint density at radius 2 is 1.29 bits per heavy atom. The van der Waals surface area contributed by atoms with Crippen molar-refractivity contribution < 1.29 is 0 Å². The van der Waals surface area contributed by atoms with Crippen LogP contribution < -0.4 is 0 Å². The van der Waals surface area contributed by atoms with Gasteiger partial charge in [0.2, 0.25) is 0 Å². The fourth-order valence-corrected chi connectivity index (χ4v) is 2.68. The van der Waals surface area contributed by atoms with Gasteiger partial charge in [0.1, 0.15) is 0 Å². The molecule has 0 N–H and O–H groups in total. The van der Waals surface area contributed by atoms with Gasteiger partial charge in [-0.2, -0.15) is 0 Å². The molecule has 14 heavy (non-hydrogen) atoms. The van der Waals surface area contributed by atoms with Crippen molar-refractivity contribution in [2.75, 3.05) is 0 Å². The highest BCUT2D eigenvalue weighted by Gasteiger charge is 2.15. The van der Waals surface area contributed by atoms with Crippen molar-refractivity contribution >= 4 is 18.5 Å². The maximum absolute atomic E-state index is 2.93. The zero-order chi connectivity index (χ0) is 10.6. The van der Waals surface area contributed by atoms with E-state index in [0.29, 0.717) is 0 Å². The van der Waals surface area contributed by atoms with E-state index in [1.54, 1.807) is 11.1 Å². The topological polar surface area (TPSA) is 0 Å². The van der Waals surface area contributed by atoms with Crippen molar-refractivity contribution in [3.8, 4) is 0 Å². The molecule has 1 saturated carbocycles.